The van der Waals surface area contributed by atoms with E-state index in [4.69, 9.17) is 9.47 Å². The van der Waals surface area contributed by atoms with Gasteiger partial charge in [-0.1, -0.05) is 36.4 Å². The quantitative estimate of drug-likeness (QED) is 0.268. The molecule has 3 aromatic rings. The predicted octanol–water partition coefficient (Wildman–Crippen LogP) is 7.49. The van der Waals surface area contributed by atoms with Crippen molar-refractivity contribution in [3.05, 3.63) is 66.2 Å². The zero-order chi connectivity index (χ0) is 25.4. The molecule has 37 heavy (non-hydrogen) atoms. The number of hydrogen-bond acceptors (Lipinski definition) is 5. The van der Waals surface area contributed by atoms with Gasteiger partial charge in [-0.3, -0.25) is 9.59 Å². The van der Waals surface area contributed by atoms with Gasteiger partial charge in [0, 0.05) is 23.5 Å². The van der Waals surface area contributed by atoms with Crippen molar-refractivity contribution in [1.82, 2.24) is 0 Å². The molecule has 0 atom stereocenters. The van der Waals surface area contributed by atoms with Gasteiger partial charge in [-0.15, -0.1) is 11.8 Å². The molecular formula is C32H32O4S. The Hall–Kier alpha value is -2.79. The Balaban J connectivity index is 1.10. The van der Waals surface area contributed by atoms with E-state index in [9.17, 15) is 9.59 Å². The molecule has 1 aliphatic heterocycles. The topological polar surface area (TPSA) is 52.6 Å². The van der Waals surface area contributed by atoms with Crippen LogP contribution in [0.2, 0.25) is 0 Å². The Morgan fingerprint density at radius 3 is 1.86 bits per heavy atom. The molecule has 4 saturated carbocycles. The highest BCUT2D eigenvalue weighted by Crippen LogP contribution is 2.61. The molecule has 4 nitrogen and oxygen atoms in total. The van der Waals surface area contributed by atoms with Gasteiger partial charge in [-0.25, -0.2) is 0 Å². The van der Waals surface area contributed by atoms with Crippen LogP contribution >= 0.6 is 11.8 Å². The van der Waals surface area contributed by atoms with Crippen molar-refractivity contribution in [3.8, 4) is 11.1 Å². The average Bonchev–Trinajstić information content (AvgIpc) is 2.82. The first-order valence-corrected chi connectivity index (χ1v) is 14.3. The van der Waals surface area contributed by atoms with E-state index in [2.05, 4.69) is 54.2 Å². The van der Waals surface area contributed by atoms with E-state index in [0.29, 0.717) is 10.3 Å². The summed E-state index contributed by atoms with van der Waals surface area (Å²) in [5.74, 6) is -0.490. The third kappa shape index (κ3) is 4.25. The van der Waals surface area contributed by atoms with E-state index in [0.717, 1.165) is 34.1 Å². The van der Waals surface area contributed by atoms with Gasteiger partial charge in [0.05, 0.1) is 0 Å². The zero-order valence-corrected chi connectivity index (χ0v) is 22.2. The van der Waals surface area contributed by atoms with Crippen LogP contribution in [0.25, 0.3) is 21.9 Å². The first-order valence-electron chi connectivity index (χ1n) is 13.5. The maximum atomic E-state index is 12.5. The maximum absolute atomic E-state index is 12.5. The normalized spacial score (nSPS) is 30.4. The van der Waals surface area contributed by atoms with E-state index in [1.54, 1.807) is 13.8 Å². The second-order valence-electron chi connectivity index (χ2n) is 12.2. The Morgan fingerprint density at radius 2 is 1.24 bits per heavy atom. The monoisotopic (exact) mass is 512 g/mol. The van der Waals surface area contributed by atoms with Crippen LogP contribution in [0.5, 0.6) is 0 Å². The van der Waals surface area contributed by atoms with Crippen molar-refractivity contribution in [3.63, 3.8) is 0 Å². The third-order valence-electron chi connectivity index (χ3n) is 8.87. The Bertz CT molecular complexity index is 1350. The third-order valence-corrected chi connectivity index (χ3v) is 10.3. The summed E-state index contributed by atoms with van der Waals surface area (Å²) in [5, 5.41) is 2.03. The van der Waals surface area contributed by atoms with Crippen LogP contribution in [0.3, 0.4) is 0 Å². The van der Waals surface area contributed by atoms with Crippen molar-refractivity contribution in [2.45, 2.75) is 73.7 Å². The fraction of sp³-hybridized carbons (Fsp3) is 0.438. The summed E-state index contributed by atoms with van der Waals surface area (Å²) in [6.45, 7) is 3.13. The van der Waals surface area contributed by atoms with Crippen molar-refractivity contribution < 1.29 is 19.1 Å². The van der Waals surface area contributed by atoms with Crippen molar-refractivity contribution >= 4 is 34.5 Å². The van der Waals surface area contributed by atoms with Crippen LogP contribution in [0, 0.1) is 17.8 Å². The van der Waals surface area contributed by atoms with Crippen molar-refractivity contribution in [2.24, 2.45) is 17.8 Å². The van der Waals surface area contributed by atoms with Crippen LogP contribution in [0.4, 0.5) is 0 Å². The summed E-state index contributed by atoms with van der Waals surface area (Å²) >= 11 is 2.15. The minimum atomic E-state index is -1.22. The largest absolute Gasteiger partial charge is 0.422 e. The van der Waals surface area contributed by atoms with Gasteiger partial charge in [0.1, 0.15) is 0 Å². The van der Waals surface area contributed by atoms with Crippen LogP contribution in [0.1, 0.15) is 63.9 Å². The number of cyclic esters (lactones) is 2. The molecule has 5 aliphatic rings. The van der Waals surface area contributed by atoms with Gasteiger partial charge in [-0.05, 0) is 108 Å². The lowest BCUT2D eigenvalue weighted by atomic mass is 9.56. The molecule has 0 N–H and O–H groups in total. The Labute approximate surface area is 222 Å². The smallest absolute Gasteiger partial charge is 0.328 e. The van der Waals surface area contributed by atoms with E-state index in [-0.39, 0.29) is 0 Å². The Kier molecular flexibility index (Phi) is 5.27. The number of carbonyl (C=O) groups is 2. The van der Waals surface area contributed by atoms with Gasteiger partial charge < -0.3 is 9.47 Å². The molecule has 190 valence electrons. The number of ether oxygens (including phenoxy) is 2. The van der Waals surface area contributed by atoms with Gasteiger partial charge in [0.2, 0.25) is 0 Å². The molecule has 5 fully saturated rings. The second kappa shape index (κ2) is 8.36. The summed E-state index contributed by atoms with van der Waals surface area (Å²) in [7, 11) is 0. The minimum Gasteiger partial charge on any atom is -0.422 e. The van der Waals surface area contributed by atoms with Gasteiger partial charge in [-0.2, -0.15) is 0 Å². The highest BCUT2D eigenvalue weighted by Gasteiger charge is 2.51. The Morgan fingerprint density at radius 1 is 0.703 bits per heavy atom. The molecule has 4 aliphatic carbocycles. The number of esters is 2. The second-order valence-corrected chi connectivity index (χ2v) is 13.8. The lowest BCUT2D eigenvalue weighted by Crippen LogP contribution is -2.48. The number of rotatable bonds is 4. The highest BCUT2D eigenvalue weighted by atomic mass is 32.2. The lowest BCUT2D eigenvalue weighted by molar-refractivity contribution is -0.234. The van der Waals surface area contributed by atoms with Gasteiger partial charge >= 0.3 is 11.9 Å². The molecule has 3 aromatic carbocycles. The molecule has 1 heterocycles. The number of carbonyl (C=O) groups excluding carboxylic acids is 2. The van der Waals surface area contributed by atoms with E-state index in [1.165, 1.54) is 49.0 Å². The molecule has 0 amide bonds. The van der Waals surface area contributed by atoms with Crippen molar-refractivity contribution in [1.29, 1.82) is 0 Å². The highest BCUT2D eigenvalue weighted by molar-refractivity contribution is 8.00. The molecule has 4 bridgehead atoms. The predicted molar refractivity (Wildman–Crippen MR) is 145 cm³/mol. The van der Waals surface area contributed by atoms with E-state index >= 15 is 0 Å². The average molecular weight is 513 g/mol. The van der Waals surface area contributed by atoms with E-state index < -0.39 is 23.6 Å². The van der Waals surface area contributed by atoms with Crippen molar-refractivity contribution in [2.75, 3.05) is 0 Å². The molecular weight excluding hydrogens is 480 g/mol. The van der Waals surface area contributed by atoms with Gasteiger partial charge in [0.15, 0.2) is 5.92 Å². The number of hydrogen-bond donors (Lipinski definition) is 0. The lowest BCUT2D eigenvalue weighted by Gasteiger charge is -2.56. The summed E-state index contributed by atoms with van der Waals surface area (Å²) in [6.07, 6.45) is 8.67. The summed E-state index contributed by atoms with van der Waals surface area (Å²) < 4.78 is 11.1. The molecule has 0 unspecified atom stereocenters. The molecule has 0 radical (unpaired) electrons. The molecule has 0 spiro atoms. The summed E-state index contributed by atoms with van der Waals surface area (Å²) in [4.78, 5) is 26.4. The SMILES string of the molecule is CC1(C)OC(=O)C(c2ccc3cc(-c4ccc(SC56CC7CC(CC(C7)C5)C6)cc4)ccc3c2)C(=O)O1. The molecule has 0 aromatic heterocycles. The van der Waals surface area contributed by atoms with Crippen LogP contribution in [-0.2, 0) is 19.1 Å². The molecule has 1 saturated heterocycles. The zero-order valence-electron chi connectivity index (χ0n) is 21.4. The van der Waals surface area contributed by atoms with Crippen LogP contribution < -0.4 is 0 Å². The van der Waals surface area contributed by atoms with Crippen LogP contribution in [-0.4, -0.2) is 22.5 Å². The van der Waals surface area contributed by atoms with E-state index in [1.807, 2.05) is 18.2 Å². The molecule has 5 heteroatoms. The number of thioether (sulfide) groups is 1. The van der Waals surface area contributed by atoms with Crippen LogP contribution in [0.15, 0.2) is 65.6 Å². The molecule has 8 rings (SSSR count). The maximum Gasteiger partial charge on any atom is 0.328 e. The first kappa shape index (κ1) is 23.3. The minimum absolute atomic E-state index is 0.476. The summed E-state index contributed by atoms with van der Waals surface area (Å²) in [6, 6.07) is 21.1. The number of fused-ring (bicyclic) bond motifs is 1. The standard InChI is InChI=1S/C32H32O4S/c1-31(2)35-29(33)28(30(34)36-31)26-6-5-24-14-23(3-4-25(24)15-26)22-7-9-27(10-8-22)37-32-16-19-11-20(17-32)13-21(12-19)18-32/h3-10,14-15,19-21,28H,11-13,16-18H2,1-2H3. The fourth-order valence-electron chi connectivity index (χ4n) is 7.74. The number of benzene rings is 3. The summed E-state index contributed by atoms with van der Waals surface area (Å²) in [5.41, 5.74) is 2.95. The fourth-order valence-corrected chi connectivity index (χ4v) is 9.47. The first-order chi connectivity index (χ1) is 17.7. The van der Waals surface area contributed by atoms with Gasteiger partial charge in [0.25, 0.3) is 5.79 Å².